The number of nitrogens with zero attached hydrogens (tertiary/aromatic N) is 4. The second kappa shape index (κ2) is 7.86. The van der Waals surface area contributed by atoms with E-state index in [1.54, 1.807) is 13.2 Å². The van der Waals surface area contributed by atoms with Crippen LogP contribution in [0.1, 0.15) is 54.8 Å². The molecule has 2 aromatic rings. The largest absolute Gasteiger partial charge is 0.497 e. The fourth-order valence-corrected chi connectivity index (χ4v) is 3.06. The third kappa shape index (κ3) is 3.88. The Morgan fingerprint density at radius 1 is 1.19 bits per heavy atom. The van der Waals surface area contributed by atoms with Crippen LogP contribution in [-0.4, -0.2) is 59.1 Å². The average Bonchev–Trinajstić information content (AvgIpc) is 3.17. The van der Waals surface area contributed by atoms with Gasteiger partial charge in [0.25, 0.3) is 5.91 Å². The van der Waals surface area contributed by atoms with E-state index in [9.17, 15) is 4.79 Å². The molecule has 0 spiro atoms. The number of rotatable bonds is 5. The summed E-state index contributed by atoms with van der Waals surface area (Å²) in [5.74, 6) is 2.36. The Morgan fingerprint density at radius 3 is 2.54 bits per heavy atom. The summed E-state index contributed by atoms with van der Waals surface area (Å²) in [5.41, 5.74) is 0.657. The number of amides is 1. The summed E-state index contributed by atoms with van der Waals surface area (Å²) in [6, 6.07) is 7.33. The Hall–Kier alpha value is -2.41. The van der Waals surface area contributed by atoms with Crippen molar-refractivity contribution >= 4 is 5.91 Å². The zero-order chi connectivity index (χ0) is 18.7. The molecule has 0 aliphatic carbocycles. The number of methoxy groups -OCH3 is 1. The maximum Gasteiger partial charge on any atom is 0.254 e. The lowest BCUT2D eigenvalue weighted by atomic mass is 10.1. The summed E-state index contributed by atoms with van der Waals surface area (Å²) in [6.07, 6.45) is 0. The summed E-state index contributed by atoms with van der Waals surface area (Å²) in [5, 5.41) is 4.04. The zero-order valence-corrected chi connectivity index (χ0v) is 15.8. The quantitative estimate of drug-likeness (QED) is 0.818. The Balaban J connectivity index is 1.60. The second-order valence-electron chi connectivity index (χ2n) is 6.88. The minimum Gasteiger partial charge on any atom is -0.497 e. The maximum atomic E-state index is 12.7. The summed E-state index contributed by atoms with van der Waals surface area (Å²) in [4.78, 5) is 21.3. The Bertz CT molecular complexity index is 751. The van der Waals surface area contributed by atoms with Crippen LogP contribution in [-0.2, 0) is 0 Å². The van der Waals surface area contributed by atoms with Gasteiger partial charge in [-0.2, -0.15) is 4.98 Å². The van der Waals surface area contributed by atoms with Crippen molar-refractivity contribution in [3.05, 3.63) is 41.5 Å². The molecule has 0 saturated carbocycles. The van der Waals surface area contributed by atoms with Gasteiger partial charge in [-0.15, -0.1) is 0 Å². The van der Waals surface area contributed by atoms with Crippen LogP contribution < -0.4 is 4.74 Å². The molecule has 140 valence electrons. The molecule has 1 amide bonds. The van der Waals surface area contributed by atoms with Crippen LogP contribution in [0.2, 0.25) is 0 Å². The molecule has 3 rings (SSSR count). The Labute approximate surface area is 153 Å². The molecule has 1 saturated heterocycles. The Kier molecular flexibility index (Phi) is 5.56. The molecule has 1 fully saturated rings. The second-order valence-corrected chi connectivity index (χ2v) is 6.88. The number of benzene rings is 1. The van der Waals surface area contributed by atoms with Crippen molar-refractivity contribution in [1.82, 2.24) is 19.9 Å². The van der Waals surface area contributed by atoms with Gasteiger partial charge < -0.3 is 14.2 Å². The molecule has 0 bridgehead atoms. The van der Waals surface area contributed by atoms with Gasteiger partial charge in [0.1, 0.15) is 5.75 Å². The highest BCUT2D eigenvalue weighted by atomic mass is 16.5. The molecular formula is C19H26N4O3. The fourth-order valence-electron chi connectivity index (χ4n) is 3.06. The van der Waals surface area contributed by atoms with Crippen molar-refractivity contribution in [2.75, 3.05) is 33.3 Å². The van der Waals surface area contributed by atoms with Crippen LogP contribution in [0.5, 0.6) is 5.75 Å². The first-order valence-electron chi connectivity index (χ1n) is 9.00. The molecule has 7 nitrogen and oxygen atoms in total. The van der Waals surface area contributed by atoms with E-state index >= 15 is 0 Å². The highest BCUT2D eigenvalue weighted by Crippen LogP contribution is 2.23. The van der Waals surface area contributed by atoms with Crippen molar-refractivity contribution in [3.63, 3.8) is 0 Å². The highest BCUT2D eigenvalue weighted by Gasteiger charge is 2.28. The molecule has 1 aliphatic heterocycles. The lowest BCUT2D eigenvalue weighted by Crippen LogP contribution is -2.49. The van der Waals surface area contributed by atoms with Crippen LogP contribution >= 0.6 is 0 Å². The SMILES string of the molecule is COc1cccc(C(=O)N2CCN(C(C)c3nc(C(C)C)no3)CC2)c1. The molecule has 1 aromatic carbocycles. The van der Waals surface area contributed by atoms with E-state index < -0.39 is 0 Å². The predicted octanol–water partition coefficient (Wildman–Crippen LogP) is 2.72. The number of piperazine rings is 1. The first-order valence-corrected chi connectivity index (χ1v) is 9.00. The molecule has 2 heterocycles. The van der Waals surface area contributed by atoms with Crippen molar-refractivity contribution in [1.29, 1.82) is 0 Å². The van der Waals surface area contributed by atoms with Gasteiger partial charge in [0.2, 0.25) is 5.89 Å². The van der Waals surface area contributed by atoms with E-state index in [0.717, 1.165) is 18.9 Å². The van der Waals surface area contributed by atoms with Gasteiger partial charge >= 0.3 is 0 Å². The van der Waals surface area contributed by atoms with E-state index in [1.165, 1.54) is 0 Å². The summed E-state index contributed by atoms with van der Waals surface area (Å²) in [7, 11) is 1.60. The molecule has 1 atom stereocenters. The van der Waals surface area contributed by atoms with Crippen LogP contribution in [0.3, 0.4) is 0 Å². The molecule has 1 aromatic heterocycles. The van der Waals surface area contributed by atoms with E-state index in [-0.39, 0.29) is 17.9 Å². The van der Waals surface area contributed by atoms with Gasteiger partial charge in [-0.05, 0) is 25.1 Å². The van der Waals surface area contributed by atoms with Crippen LogP contribution in [0.25, 0.3) is 0 Å². The molecule has 0 radical (unpaired) electrons. The fraction of sp³-hybridized carbons (Fsp3) is 0.526. The third-order valence-corrected chi connectivity index (χ3v) is 4.80. The van der Waals surface area contributed by atoms with E-state index in [2.05, 4.69) is 22.0 Å². The molecule has 0 N–H and O–H groups in total. The van der Waals surface area contributed by atoms with Crippen molar-refractivity contribution in [2.45, 2.75) is 32.7 Å². The number of carbonyl (C=O) groups excluding carboxylic acids is 1. The lowest BCUT2D eigenvalue weighted by Gasteiger charge is -2.36. The standard InChI is InChI=1S/C19H26N4O3/c1-13(2)17-20-18(26-21-17)14(3)22-8-10-23(11-9-22)19(24)15-6-5-7-16(12-15)25-4/h5-7,12-14H,8-11H2,1-4H3. The van der Waals surface area contributed by atoms with Gasteiger partial charge in [-0.25, -0.2) is 0 Å². The van der Waals surface area contributed by atoms with Crippen LogP contribution in [0.4, 0.5) is 0 Å². The maximum absolute atomic E-state index is 12.7. The smallest absolute Gasteiger partial charge is 0.254 e. The lowest BCUT2D eigenvalue weighted by molar-refractivity contribution is 0.0551. The molecular weight excluding hydrogens is 332 g/mol. The number of carbonyl (C=O) groups is 1. The van der Waals surface area contributed by atoms with Crippen molar-refractivity contribution in [3.8, 4) is 5.75 Å². The monoisotopic (exact) mass is 358 g/mol. The van der Waals surface area contributed by atoms with Gasteiger partial charge in [0.05, 0.1) is 13.2 Å². The van der Waals surface area contributed by atoms with Gasteiger partial charge in [0.15, 0.2) is 5.82 Å². The molecule has 7 heteroatoms. The molecule has 1 unspecified atom stereocenters. The molecule has 1 aliphatic rings. The summed E-state index contributed by atoms with van der Waals surface area (Å²) < 4.78 is 10.6. The third-order valence-electron chi connectivity index (χ3n) is 4.80. The van der Waals surface area contributed by atoms with Gasteiger partial charge in [-0.1, -0.05) is 25.1 Å². The van der Waals surface area contributed by atoms with E-state index in [0.29, 0.717) is 30.3 Å². The van der Waals surface area contributed by atoms with Gasteiger partial charge in [-0.3, -0.25) is 9.69 Å². The highest BCUT2D eigenvalue weighted by molar-refractivity contribution is 5.94. The summed E-state index contributed by atoms with van der Waals surface area (Å²) >= 11 is 0. The van der Waals surface area contributed by atoms with Crippen LogP contribution in [0.15, 0.2) is 28.8 Å². The topological polar surface area (TPSA) is 71.7 Å². The first-order chi connectivity index (χ1) is 12.5. The van der Waals surface area contributed by atoms with E-state index in [1.807, 2.05) is 36.9 Å². The normalized spacial score (nSPS) is 16.7. The minimum atomic E-state index is 0.0380. The van der Waals surface area contributed by atoms with Gasteiger partial charge in [0, 0.05) is 37.7 Å². The van der Waals surface area contributed by atoms with E-state index in [4.69, 9.17) is 9.26 Å². The van der Waals surface area contributed by atoms with Crippen molar-refractivity contribution in [2.24, 2.45) is 0 Å². The zero-order valence-electron chi connectivity index (χ0n) is 15.8. The number of aromatic nitrogens is 2. The number of ether oxygens (including phenoxy) is 1. The molecule has 26 heavy (non-hydrogen) atoms. The van der Waals surface area contributed by atoms with Crippen molar-refractivity contribution < 1.29 is 14.1 Å². The average molecular weight is 358 g/mol. The first kappa shape index (κ1) is 18.4. The Morgan fingerprint density at radius 2 is 1.92 bits per heavy atom. The number of hydrogen-bond acceptors (Lipinski definition) is 6. The number of hydrogen-bond donors (Lipinski definition) is 0. The minimum absolute atomic E-state index is 0.0380. The van der Waals surface area contributed by atoms with Crippen LogP contribution in [0, 0.1) is 0 Å². The predicted molar refractivity (Wildman–Crippen MR) is 97.3 cm³/mol. The summed E-state index contributed by atoms with van der Waals surface area (Å²) in [6.45, 7) is 9.05.